The molecule has 0 amide bonds. The van der Waals surface area contributed by atoms with E-state index in [1.165, 1.54) is 0 Å². The highest BCUT2D eigenvalue weighted by molar-refractivity contribution is 7.91. The van der Waals surface area contributed by atoms with Crippen molar-refractivity contribution in [3.63, 3.8) is 0 Å². The van der Waals surface area contributed by atoms with Crippen LogP contribution in [-0.2, 0) is 15.7 Å². The van der Waals surface area contributed by atoms with Crippen LogP contribution < -0.4 is 9.47 Å². The fourth-order valence-electron chi connectivity index (χ4n) is 1.93. The van der Waals surface area contributed by atoms with E-state index in [0.29, 0.717) is 23.8 Å². The summed E-state index contributed by atoms with van der Waals surface area (Å²) in [5.41, 5.74) is 0.910. The summed E-state index contributed by atoms with van der Waals surface area (Å²) in [6.45, 7) is 0. The van der Waals surface area contributed by atoms with E-state index in [-0.39, 0.29) is 17.6 Å². The molecule has 1 atom stereocenters. The molecule has 1 aromatic carbocycles. The van der Waals surface area contributed by atoms with Crippen molar-refractivity contribution in [2.45, 2.75) is 18.4 Å². The summed E-state index contributed by atoms with van der Waals surface area (Å²) in [7, 11) is -1.39. The topological polar surface area (TPSA) is 52.6 Å². The molecule has 0 aliphatic carbocycles. The fraction of sp³-hybridized carbons (Fsp3) is 0.500. The lowest BCUT2D eigenvalue weighted by Gasteiger charge is -2.15. The minimum absolute atomic E-state index is 0.0707. The third-order valence-electron chi connectivity index (χ3n) is 2.87. The first-order valence-electron chi connectivity index (χ1n) is 5.64. The summed E-state index contributed by atoms with van der Waals surface area (Å²) in [5, 5.41) is 0. The van der Waals surface area contributed by atoms with Crippen LogP contribution >= 0.6 is 11.6 Å². The molecule has 100 valence electrons. The van der Waals surface area contributed by atoms with Crippen LogP contribution in [0, 0.1) is 0 Å². The maximum Gasteiger partial charge on any atom is 0.161 e. The first kappa shape index (κ1) is 13.5. The number of methoxy groups -OCH3 is 1. The summed E-state index contributed by atoms with van der Waals surface area (Å²) in [6.07, 6.45) is 0.228. The predicted octanol–water partition coefficient (Wildman–Crippen LogP) is 2.00. The zero-order valence-corrected chi connectivity index (χ0v) is 11.6. The van der Waals surface area contributed by atoms with Gasteiger partial charge in [-0.1, -0.05) is 6.07 Å². The third kappa shape index (κ3) is 3.09. The van der Waals surface area contributed by atoms with Gasteiger partial charge < -0.3 is 9.47 Å². The molecule has 1 unspecified atom stereocenters. The van der Waals surface area contributed by atoms with Crippen LogP contribution in [0.25, 0.3) is 0 Å². The van der Waals surface area contributed by atoms with Crippen molar-refractivity contribution < 1.29 is 17.9 Å². The van der Waals surface area contributed by atoms with Gasteiger partial charge in [-0.25, -0.2) is 8.42 Å². The minimum Gasteiger partial charge on any atom is -0.493 e. The molecule has 0 saturated carbocycles. The Morgan fingerprint density at radius 3 is 2.72 bits per heavy atom. The molecule has 1 heterocycles. The van der Waals surface area contributed by atoms with Gasteiger partial charge in [-0.15, -0.1) is 11.6 Å². The van der Waals surface area contributed by atoms with Crippen molar-refractivity contribution in [1.82, 2.24) is 0 Å². The predicted molar refractivity (Wildman–Crippen MR) is 70.2 cm³/mol. The first-order valence-corrected chi connectivity index (χ1v) is 7.99. The van der Waals surface area contributed by atoms with E-state index in [0.717, 1.165) is 5.56 Å². The SMILES string of the molecule is COc1ccc(CCl)cc1OC1CCS(=O)(=O)C1. The Hall–Kier alpha value is -0.940. The second-order valence-corrected chi connectivity index (χ2v) is 6.76. The second kappa shape index (κ2) is 5.36. The van der Waals surface area contributed by atoms with Crippen molar-refractivity contribution in [3.05, 3.63) is 23.8 Å². The van der Waals surface area contributed by atoms with Gasteiger partial charge in [0, 0.05) is 5.88 Å². The van der Waals surface area contributed by atoms with Crippen molar-refractivity contribution >= 4 is 21.4 Å². The molecule has 0 spiro atoms. The fourth-order valence-corrected chi connectivity index (χ4v) is 3.69. The molecule has 0 aromatic heterocycles. The maximum absolute atomic E-state index is 11.4. The van der Waals surface area contributed by atoms with Gasteiger partial charge in [0.15, 0.2) is 21.3 Å². The highest BCUT2D eigenvalue weighted by Gasteiger charge is 2.30. The number of halogens is 1. The zero-order chi connectivity index (χ0) is 13.2. The van der Waals surface area contributed by atoms with Gasteiger partial charge in [0.25, 0.3) is 0 Å². The number of hydrogen-bond donors (Lipinski definition) is 0. The van der Waals surface area contributed by atoms with E-state index in [4.69, 9.17) is 21.1 Å². The molecule has 1 saturated heterocycles. The Labute approximate surface area is 112 Å². The van der Waals surface area contributed by atoms with Crippen molar-refractivity contribution in [1.29, 1.82) is 0 Å². The Kier molecular flexibility index (Phi) is 4.02. The minimum atomic E-state index is -2.94. The summed E-state index contributed by atoms with van der Waals surface area (Å²) in [4.78, 5) is 0. The number of benzene rings is 1. The molecule has 1 fully saturated rings. The Bertz CT molecular complexity index is 527. The average Bonchev–Trinajstić information content (AvgIpc) is 2.68. The number of rotatable bonds is 4. The Morgan fingerprint density at radius 1 is 1.39 bits per heavy atom. The van der Waals surface area contributed by atoms with Crippen LogP contribution in [0.5, 0.6) is 11.5 Å². The van der Waals surface area contributed by atoms with Crippen molar-refractivity contribution in [2.24, 2.45) is 0 Å². The quantitative estimate of drug-likeness (QED) is 0.796. The van der Waals surface area contributed by atoms with Gasteiger partial charge >= 0.3 is 0 Å². The molecule has 6 heteroatoms. The monoisotopic (exact) mass is 290 g/mol. The Morgan fingerprint density at radius 2 is 2.17 bits per heavy atom. The molecule has 18 heavy (non-hydrogen) atoms. The largest absolute Gasteiger partial charge is 0.493 e. The number of ether oxygens (including phenoxy) is 2. The van der Waals surface area contributed by atoms with Crippen LogP contribution in [0.3, 0.4) is 0 Å². The average molecular weight is 291 g/mol. The highest BCUT2D eigenvalue weighted by atomic mass is 35.5. The summed E-state index contributed by atoms with van der Waals surface area (Å²) >= 11 is 5.76. The second-order valence-electron chi connectivity index (χ2n) is 4.26. The lowest BCUT2D eigenvalue weighted by Crippen LogP contribution is -2.18. The van der Waals surface area contributed by atoms with Crippen LogP contribution in [0.4, 0.5) is 0 Å². The van der Waals surface area contributed by atoms with Gasteiger partial charge in [-0.3, -0.25) is 0 Å². The molecular weight excluding hydrogens is 276 g/mol. The van der Waals surface area contributed by atoms with Crippen molar-refractivity contribution in [2.75, 3.05) is 18.6 Å². The van der Waals surface area contributed by atoms with Crippen LogP contribution in [0.2, 0.25) is 0 Å². The number of hydrogen-bond acceptors (Lipinski definition) is 4. The van der Waals surface area contributed by atoms with Gasteiger partial charge in [0.1, 0.15) is 6.10 Å². The van der Waals surface area contributed by atoms with E-state index < -0.39 is 9.84 Å². The summed E-state index contributed by atoms with van der Waals surface area (Å²) in [5.74, 6) is 1.78. The molecule has 1 aliphatic heterocycles. The molecule has 0 N–H and O–H groups in total. The summed E-state index contributed by atoms with van der Waals surface area (Å²) in [6, 6.07) is 5.41. The third-order valence-corrected chi connectivity index (χ3v) is 4.91. The van der Waals surface area contributed by atoms with Gasteiger partial charge in [0.05, 0.1) is 18.6 Å². The molecule has 2 rings (SSSR count). The van der Waals surface area contributed by atoms with Crippen LogP contribution in [0.15, 0.2) is 18.2 Å². The molecule has 1 aliphatic rings. The van der Waals surface area contributed by atoms with E-state index in [2.05, 4.69) is 0 Å². The normalized spacial score (nSPS) is 21.8. The lowest BCUT2D eigenvalue weighted by atomic mass is 10.2. The zero-order valence-electron chi connectivity index (χ0n) is 10.1. The van der Waals surface area contributed by atoms with Crippen molar-refractivity contribution in [3.8, 4) is 11.5 Å². The molecule has 1 aromatic rings. The van der Waals surface area contributed by atoms with E-state index in [1.54, 1.807) is 19.2 Å². The Balaban J connectivity index is 2.17. The first-order chi connectivity index (χ1) is 8.54. The maximum atomic E-state index is 11.4. The lowest BCUT2D eigenvalue weighted by molar-refractivity contribution is 0.218. The number of sulfone groups is 1. The summed E-state index contributed by atoms with van der Waals surface area (Å²) < 4.78 is 33.7. The van der Waals surface area contributed by atoms with E-state index in [1.807, 2.05) is 6.07 Å². The molecular formula is C12H15ClO4S. The highest BCUT2D eigenvalue weighted by Crippen LogP contribution is 2.31. The molecule has 0 radical (unpaired) electrons. The number of alkyl halides is 1. The van der Waals surface area contributed by atoms with Gasteiger partial charge in [-0.05, 0) is 24.1 Å². The molecule has 0 bridgehead atoms. The van der Waals surface area contributed by atoms with E-state index >= 15 is 0 Å². The van der Waals surface area contributed by atoms with Crippen LogP contribution in [-0.4, -0.2) is 33.1 Å². The molecule has 4 nitrogen and oxygen atoms in total. The van der Waals surface area contributed by atoms with Gasteiger partial charge in [0.2, 0.25) is 0 Å². The van der Waals surface area contributed by atoms with E-state index in [9.17, 15) is 8.42 Å². The standard InChI is InChI=1S/C12H15ClO4S/c1-16-11-3-2-9(7-13)6-12(11)17-10-4-5-18(14,15)8-10/h2-3,6,10H,4-5,7-8H2,1H3. The van der Waals surface area contributed by atoms with Gasteiger partial charge in [-0.2, -0.15) is 0 Å². The smallest absolute Gasteiger partial charge is 0.161 e. The van der Waals surface area contributed by atoms with Crippen LogP contribution in [0.1, 0.15) is 12.0 Å².